The van der Waals surface area contributed by atoms with Crippen molar-refractivity contribution in [3.63, 3.8) is 0 Å². The first-order chi connectivity index (χ1) is 6.29. The van der Waals surface area contributed by atoms with Crippen LogP contribution in [-0.4, -0.2) is 61.7 Å². The van der Waals surface area contributed by atoms with E-state index in [4.69, 9.17) is 25.5 Å². The van der Waals surface area contributed by atoms with E-state index in [0.717, 1.165) is 6.92 Å². The van der Waals surface area contributed by atoms with Gasteiger partial charge in [-0.15, -0.1) is 0 Å². The lowest BCUT2D eigenvalue weighted by Gasteiger charge is -2.22. The van der Waals surface area contributed by atoms with Crippen molar-refractivity contribution in [3.8, 4) is 0 Å². The predicted molar refractivity (Wildman–Crippen MR) is 42.3 cm³/mol. The molecule has 7 nitrogen and oxygen atoms in total. The monoisotopic (exact) mass is 208 g/mol. The molecule has 0 rings (SSSR count). The first-order valence-corrected chi connectivity index (χ1v) is 3.74. The van der Waals surface area contributed by atoms with Crippen LogP contribution < -0.4 is 0 Å². The summed E-state index contributed by atoms with van der Waals surface area (Å²) in [6, 6.07) is 0. The minimum Gasteiger partial charge on any atom is -0.479 e. The molecule has 0 fully saturated rings. The highest BCUT2D eigenvalue weighted by atomic mass is 16.4. The Bertz CT molecular complexity index is 202. The second-order valence-electron chi connectivity index (χ2n) is 2.82. The molecule has 0 heterocycles. The Morgan fingerprint density at radius 1 is 0.929 bits per heavy atom. The van der Waals surface area contributed by atoms with E-state index in [2.05, 4.69) is 0 Å². The quantitative estimate of drug-likeness (QED) is 0.327. The van der Waals surface area contributed by atoms with Crippen molar-refractivity contribution < 1.29 is 35.1 Å². The van der Waals surface area contributed by atoms with Gasteiger partial charge in [-0.2, -0.15) is 0 Å². The number of carboxylic acid groups (broad SMARTS) is 1. The summed E-state index contributed by atoms with van der Waals surface area (Å²) in [7, 11) is 0. The molecule has 14 heavy (non-hydrogen) atoms. The summed E-state index contributed by atoms with van der Waals surface area (Å²) >= 11 is 0. The van der Waals surface area contributed by atoms with Gasteiger partial charge in [-0.3, -0.25) is 4.79 Å². The van der Waals surface area contributed by atoms with E-state index >= 15 is 0 Å². The number of carbonyl (C=O) groups is 2. The molecule has 5 N–H and O–H groups in total. The number of rotatable bonds is 5. The number of aliphatic hydroxyl groups excluding tert-OH is 4. The van der Waals surface area contributed by atoms with Crippen molar-refractivity contribution in [2.24, 2.45) is 0 Å². The van der Waals surface area contributed by atoms with Crippen LogP contribution in [0.5, 0.6) is 0 Å². The lowest BCUT2D eigenvalue weighted by molar-refractivity contribution is -0.165. The third-order valence-corrected chi connectivity index (χ3v) is 1.67. The molecule has 0 spiro atoms. The molecule has 0 aromatic carbocycles. The third-order valence-electron chi connectivity index (χ3n) is 1.67. The van der Waals surface area contributed by atoms with Gasteiger partial charge in [0.15, 0.2) is 11.9 Å². The van der Waals surface area contributed by atoms with Crippen molar-refractivity contribution in [2.45, 2.75) is 31.3 Å². The van der Waals surface area contributed by atoms with Crippen molar-refractivity contribution in [1.29, 1.82) is 0 Å². The number of carboxylic acids is 1. The summed E-state index contributed by atoms with van der Waals surface area (Å²) in [6.07, 6.45) is -8.32. The maximum absolute atomic E-state index is 10.5. The molecule has 0 bridgehead atoms. The second kappa shape index (κ2) is 5.01. The van der Waals surface area contributed by atoms with Gasteiger partial charge in [0, 0.05) is 0 Å². The molecule has 0 aliphatic heterocycles. The Morgan fingerprint density at radius 2 is 1.29 bits per heavy atom. The minimum atomic E-state index is -2.25. The summed E-state index contributed by atoms with van der Waals surface area (Å²) in [5.41, 5.74) is 0. The van der Waals surface area contributed by atoms with Gasteiger partial charge in [-0.1, -0.05) is 0 Å². The first kappa shape index (κ1) is 13.0. The number of aliphatic carboxylic acids is 1. The highest BCUT2D eigenvalue weighted by Crippen LogP contribution is 2.06. The maximum atomic E-state index is 10.5. The molecule has 0 radical (unpaired) electrons. The highest BCUT2D eigenvalue weighted by molar-refractivity contribution is 5.81. The topological polar surface area (TPSA) is 135 Å². The zero-order chi connectivity index (χ0) is 11.5. The minimum absolute atomic E-state index is 0.839. The van der Waals surface area contributed by atoms with Crippen LogP contribution in [0.25, 0.3) is 0 Å². The number of hydrogen-bond acceptors (Lipinski definition) is 6. The Hall–Kier alpha value is -1.02. The molecule has 0 saturated heterocycles. The normalized spacial score (nSPS) is 19.5. The predicted octanol–water partition coefficient (Wildman–Crippen LogP) is -2.90. The van der Waals surface area contributed by atoms with Crippen molar-refractivity contribution in [3.05, 3.63) is 0 Å². The highest BCUT2D eigenvalue weighted by Gasteiger charge is 2.35. The van der Waals surface area contributed by atoms with Gasteiger partial charge in [0.25, 0.3) is 0 Å². The smallest absolute Gasteiger partial charge is 0.335 e. The summed E-state index contributed by atoms with van der Waals surface area (Å²) in [4.78, 5) is 20.7. The number of hydrogen-bond donors (Lipinski definition) is 5. The number of Topliss-reactive ketones (excluding diaryl/α,β-unsaturated/α-hetero) is 1. The number of aliphatic hydroxyl groups is 4. The van der Waals surface area contributed by atoms with Crippen molar-refractivity contribution in [1.82, 2.24) is 0 Å². The Morgan fingerprint density at radius 3 is 1.57 bits per heavy atom. The van der Waals surface area contributed by atoms with Crippen LogP contribution >= 0.6 is 0 Å². The number of ketones is 1. The summed E-state index contributed by atoms with van der Waals surface area (Å²) < 4.78 is 0. The summed E-state index contributed by atoms with van der Waals surface area (Å²) in [5.74, 6) is -2.60. The van der Waals surface area contributed by atoms with E-state index in [9.17, 15) is 9.59 Å². The molecular weight excluding hydrogens is 196 g/mol. The Labute approximate surface area is 79.2 Å². The van der Waals surface area contributed by atoms with Gasteiger partial charge in [0.05, 0.1) is 0 Å². The fourth-order valence-electron chi connectivity index (χ4n) is 0.760. The van der Waals surface area contributed by atoms with Gasteiger partial charge >= 0.3 is 5.97 Å². The van der Waals surface area contributed by atoms with Crippen LogP contribution in [0.15, 0.2) is 0 Å². The molecule has 0 saturated carbocycles. The molecule has 0 aliphatic rings. The lowest BCUT2D eigenvalue weighted by atomic mass is 10.0. The largest absolute Gasteiger partial charge is 0.479 e. The zero-order valence-corrected chi connectivity index (χ0v) is 7.36. The molecule has 7 heteroatoms. The van der Waals surface area contributed by atoms with Crippen LogP contribution in [0.4, 0.5) is 0 Å². The Kier molecular flexibility index (Phi) is 4.64. The molecule has 0 aromatic rings. The molecule has 0 unspecified atom stereocenters. The van der Waals surface area contributed by atoms with Gasteiger partial charge in [0.1, 0.15) is 18.3 Å². The van der Waals surface area contributed by atoms with Crippen LogP contribution in [0.3, 0.4) is 0 Å². The van der Waals surface area contributed by atoms with Crippen LogP contribution in [-0.2, 0) is 9.59 Å². The van der Waals surface area contributed by atoms with E-state index in [1.807, 2.05) is 0 Å². The van der Waals surface area contributed by atoms with E-state index in [1.54, 1.807) is 0 Å². The second-order valence-corrected chi connectivity index (χ2v) is 2.82. The van der Waals surface area contributed by atoms with Gasteiger partial charge in [-0.05, 0) is 6.92 Å². The Balaban J connectivity index is 4.45. The molecule has 82 valence electrons. The SMILES string of the molecule is CC(=O)[C@@H](O)[C@@H](O)[C@H](O)[C@@H](O)C(=O)O. The van der Waals surface area contributed by atoms with E-state index in [0.29, 0.717) is 0 Å². The van der Waals surface area contributed by atoms with E-state index in [1.165, 1.54) is 0 Å². The van der Waals surface area contributed by atoms with E-state index < -0.39 is 36.2 Å². The fourth-order valence-corrected chi connectivity index (χ4v) is 0.760. The van der Waals surface area contributed by atoms with Crippen molar-refractivity contribution in [2.75, 3.05) is 0 Å². The molecule has 4 atom stereocenters. The lowest BCUT2D eigenvalue weighted by Crippen LogP contribution is -2.49. The zero-order valence-electron chi connectivity index (χ0n) is 7.36. The van der Waals surface area contributed by atoms with Crippen LogP contribution in [0.2, 0.25) is 0 Å². The van der Waals surface area contributed by atoms with Crippen LogP contribution in [0, 0.1) is 0 Å². The van der Waals surface area contributed by atoms with Crippen molar-refractivity contribution >= 4 is 11.8 Å². The summed E-state index contributed by atoms with van der Waals surface area (Å²) in [6.45, 7) is 0.952. The van der Waals surface area contributed by atoms with Crippen LogP contribution in [0.1, 0.15) is 6.92 Å². The molecule has 0 aliphatic carbocycles. The first-order valence-electron chi connectivity index (χ1n) is 3.74. The maximum Gasteiger partial charge on any atom is 0.335 e. The summed E-state index contributed by atoms with van der Waals surface area (Å²) in [5, 5.41) is 43.9. The van der Waals surface area contributed by atoms with Gasteiger partial charge in [-0.25, -0.2) is 4.79 Å². The van der Waals surface area contributed by atoms with Gasteiger partial charge in [0.2, 0.25) is 0 Å². The standard InChI is InChI=1S/C7H12O7/c1-2(8)3(9)4(10)5(11)6(12)7(13)14/h3-6,9-12H,1H3,(H,13,14)/t3-,4-,5+,6-/m1/s1. The third kappa shape index (κ3) is 3.04. The number of carbonyl (C=O) groups excluding carboxylic acids is 1. The van der Waals surface area contributed by atoms with Gasteiger partial charge < -0.3 is 25.5 Å². The average molecular weight is 208 g/mol. The average Bonchev–Trinajstić information content (AvgIpc) is 2.12. The molecule has 0 amide bonds. The molecule has 0 aromatic heterocycles. The molecular formula is C7H12O7. The fraction of sp³-hybridized carbons (Fsp3) is 0.714. The van der Waals surface area contributed by atoms with E-state index in [-0.39, 0.29) is 0 Å².